The summed E-state index contributed by atoms with van der Waals surface area (Å²) in [6, 6.07) is 8.50. The molecule has 1 aromatic carbocycles. The molecule has 11 nitrogen and oxygen atoms in total. The molecule has 1 aromatic heterocycles. The minimum atomic E-state index is -0.945. The van der Waals surface area contributed by atoms with Crippen LogP contribution in [0.2, 0.25) is 0 Å². The van der Waals surface area contributed by atoms with Crippen LogP contribution in [0.4, 0.5) is 0 Å². The van der Waals surface area contributed by atoms with Crippen molar-refractivity contribution >= 4 is 17.8 Å². The van der Waals surface area contributed by atoms with Crippen LogP contribution >= 0.6 is 0 Å². The molecule has 0 unspecified atom stereocenters. The summed E-state index contributed by atoms with van der Waals surface area (Å²) in [4.78, 5) is 40.2. The third-order valence-corrected chi connectivity index (χ3v) is 5.52. The van der Waals surface area contributed by atoms with Crippen LogP contribution in [-0.4, -0.2) is 68.2 Å². The molecule has 2 aromatic rings. The van der Waals surface area contributed by atoms with E-state index < -0.39 is 42.4 Å². The lowest BCUT2D eigenvalue weighted by Crippen LogP contribution is -2.42. The van der Waals surface area contributed by atoms with Crippen LogP contribution < -0.4 is 19.5 Å². The first-order valence-corrected chi connectivity index (χ1v) is 13.4. The zero-order chi connectivity index (χ0) is 31.0. The molecule has 0 saturated heterocycles. The monoisotopic (exact) mass is 578 g/mol. The van der Waals surface area contributed by atoms with E-state index in [-0.39, 0.29) is 18.6 Å². The summed E-state index contributed by atoms with van der Waals surface area (Å²) < 4.78 is 31.5. The molecule has 0 aliphatic heterocycles. The minimum absolute atomic E-state index is 0. The van der Waals surface area contributed by atoms with Crippen molar-refractivity contribution in [3.63, 3.8) is 0 Å². The molecule has 0 aliphatic rings. The molecule has 0 saturated carbocycles. The van der Waals surface area contributed by atoms with Crippen LogP contribution in [0.25, 0.3) is 0 Å². The predicted molar refractivity (Wildman–Crippen MR) is 155 cm³/mol. The molecule has 0 fully saturated rings. The fraction of sp³-hybridized carbons (Fsp3) is 0.533. The van der Waals surface area contributed by atoms with E-state index in [9.17, 15) is 14.4 Å². The van der Waals surface area contributed by atoms with E-state index in [1.165, 1.54) is 38.8 Å². The molecule has 1 heterocycles. The maximum absolute atomic E-state index is 12.7. The average molecular weight is 579 g/mol. The van der Waals surface area contributed by atoms with Crippen LogP contribution in [0.3, 0.4) is 0 Å². The number of nitrogens with one attached hydrogen (secondary N) is 1. The number of hydrogen-bond acceptors (Lipinski definition) is 10. The van der Waals surface area contributed by atoms with Crippen molar-refractivity contribution in [2.45, 2.75) is 79.1 Å². The SMILES string of the molecule is CCCOC(C)(C)C[C@H](C)OC(=O)[C@H](C)NC(=O)c1nccc(OC)c1OCOC(C)=O.COc1ccc(C)cc1.[HH]. The Balaban J connectivity index is 0.00000142. The van der Waals surface area contributed by atoms with Gasteiger partial charge in [-0.1, -0.05) is 24.6 Å². The predicted octanol–water partition coefficient (Wildman–Crippen LogP) is 4.88. The number of hydrogen-bond donors (Lipinski definition) is 1. The van der Waals surface area contributed by atoms with Crippen molar-refractivity contribution < 1.29 is 44.2 Å². The molecule has 2 rings (SSSR count). The molecular weight excluding hydrogens is 532 g/mol. The first kappa shape index (κ1) is 35.2. The van der Waals surface area contributed by atoms with E-state index in [1.807, 2.05) is 45.0 Å². The van der Waals surface area contributed by atoms with Gasteiger partial charge < -0.3 is 33.7 Å². The standard InChI is InChI=1S/C22H34N2O8.C8H10O.H2/c1-8-11-31-22(5,6)12-14(2)32-21(27)15(3)24-20(26)18-19(30-13-29-16(4)25)17(28-7)9-10-23-18;1-7-3-5-8(9-2)6-4-7;/h9-10,14-15H,8,11-13H2,1-7H3,(H,24,26);3-6H,1-2H3;1H/t14-,15-;;/m0../s1. The summed E-state index contributed by atoms with van der Waals surface area (Å²) in [6.07, 6.45) is 2.35. The number of benzene rings is 1. The van der Waals surface area contributed by atoms with Crippen molar-refractivity contribution in [1.82, 2.24) is 10.3 Å². The van der Waals surface area contributed by atoms with E-state index in [2.05, 4.69) is 17.2 Å². The third-order valence-electron chi connectivity index (χ3n) is 5.52. The fourth-order valence-electron chi connectivity index (χ4n) is 3.53. The van der Waals surface area contributed by atoms with Crippen LogP contribution in [-0.2, 0) is 23.8 Å². The van der Waals surface area contributed by atoms with Gasteiger partial charge in [-0.2, -0.15) is 0 Å². The molecule has 0 spiro atoms. The largest absolute Gasteiger partial charge is 0.497 e. The van der Waals surface area contributed by atoms with Crippen LogP contribution in [0.5, 0.6) is 17.2 Å². The number of carbonyl (C=O) groups excluding carboxylic acids is 3. The Kier molecular flexibility index (Phi) is 15.2. The lowest BCUT2D eigenvalue weighted by molar-refractivity contribution is -0.153. The summed E-state index contributed by atoms with van der Waals surface area (Å²) in [5, 5.41) is 2.54. The van der Waals surface area contributed by atoms with E-state index in [4.69, 9.17) is 28.4 Å². The zero-order valence-corrected chi connectivity index (χ0v) is 25.6. The van der Waals surface area contributed by atoms with Crippen LogP contribution in [0, 0.1) is 6.92 Å². The molecule has 0 aliphatic carbocycles. The summed E-state index contributed by atoms with van der Waals surface area (Å²) in [6.45, 7) is 12.6. The highest BCUT2D eigenvalue weighted by Gasteiger charge is 2.27. The van der Waals surface area contributed by atoms with Gasteiger partial charge in [0, 0.05) is 33.6 Å². The lowest BCUT2D eigenvalue weighted by atomic mass is 10.0. The minimum Gasteiger partial charge on any atom is -0.497 e. The van der Waals surface area contributed by atoms with Crippen molar-refractivity contribution in [3.05, 3.63) is 47.8 Å². The van der Waals surface area contributed by atoms with Crippen LogP contribution in [0.1, 0.15) is 71.9 Å². The highest BCUT2D eigenvalue weighted by atomic mass is 16.7. The zero-order valence-electron chi connectivity index (χ0n) is 25.6. The molecular formula is C30H46N2O9. The number of aryl methyl sites for hydroxylation is 1. The fourth-order valence-corrected chi connectivity index (χ4v) is 3.53. The summed E-state index contributed by atoms with van der Waals surface area (Å²) in [5.41, 5.74) is 0.690. The summed E-state index contributed by atoms with van der Waals surface area (Å²) in [7, 11) is 3.06. The molecule has 230 valence electrons. The Morgan fingerprint density at radius 1 is 1.05 bits per heavy atom. The number of aromatic nitrogens is 1. The smallest absolute Gasteiger partial charge is 0.328 e. The topological polar surface area (TPSA) is 132 Å². The number of methoxy groups -OCH3 is 2. The highest BCUT2D eigenvalue weighted by Crippen LogP contribution is 2.29. The number of carbonyl (C=O) groups is 3. The molecule has 41 heavy (non-hydrogen) atoms. The van der Waals surface area contributed by atoms with E-state index >= 15 is 0 Å². The summed E-state index contributed by atoms with van der Waals surface area (Å²) >= 11 is 0. The quantitative estimate of drug-likeness (QED) is 0.244. The number of esters is 2. The van der Waals surface area contributed by atoms with Crippen LogP contribution in [0.15, 0.2) is 36.5 Å². The Labute approximate surface area is 244 Å². The second-order valence-corrected chi connectivity index (χ2v) is 9.86. The van der Waals surface area contributed by atoms with Crippen molar-refractivity contribution in [2.24, 2.45) is 0 Å². The van der Waals surface area contributed by atoms with E-state index in [0.717, 1.165) is 12.2 Å². The van der Waals surface area contributed by atoms with Crippen molar-refractivity contribution in [3.8, 4) is 17.2 Å². The van der Waals surface area contributed by atoms with Gasteiger partial charge in [-0.15, -0.1) is 0 Å². The Morgan fingerprint density at radius 2 is 1.71 bits per heavy atom. The van der Waals surface area contributed by atoms with Gasteiger partial charge in [0.15, 0.2) is 17.2 Å². The Bertz CT molecular complexity index is 1110. The van der Waals surface area contributed by atoms with Gasteiger partial charge in [0.25, 0.3) is 5.91 Å². The number of ether oxygens (including phenoxy) is 6. The Morgan fingerprint density at radius 3 is 2.27 bits per heavy atom. The van der Waals surface area contributed by atoms with Crippen molar-refractivity contribution in [2.75, 3.05) is 27.6 Å². The first-order chi connectivity index (χ1) is 19.3. The second-order valence-electron chi connectivity index (χ2n) is 9.86. The van der Waals surface area contributed by atoms with E-state index in [0.29, 0.717) is 13.0 Å². The van der Waals surface area contributed by atoms with Gasteiger partial charge in [-0.05, 0) is 53.2 Å². The van der Waals surface area contributed by atoms with Crippen molar-refractivity contribution in [1.29, 1.82) is 0 Å². The number of nitrogens with zero attached hydrogens (tertiary/aromatic N) is 1. The van der Waals surface area contributed by atoms with E-state index in [1.54, 1.807) is 14.0 Å². The van der Waals surface area contributed by atoms with Gasteiger partial charge in [0.2, 0.25) is 6.79 Å². The normalized spacial score (nSPS) is 12.1. The number of pyridine rings is 1. The first-order valence-electron chi connectivity index (χ1n) is 13.4. The Hall–Kier alpha value is -3.86. The number of rotatable bonds is 14. The van der Waals surface area contributed by atoms with Gasteiger partial charge in [0.1, 0.15) is 17.9 Å². The van der Waals surface area contributed by atoms with Gasteiger partial charge in [-0.3, -0.25) is 9.59 Å². The maximum atomic E-state index is 12.7. The second kappa shape index (κ2) is 17.8. The average Bonchev–Trinajstić information content (AvgIpc) is 2.92. The molecule has 1 N–H and O–H groups in total. The molecule has 11 heteroatoms. The summed E-state index contributed by atoms with van der Waals surface area (Å²) in [5.74, 6) is -0.700. The lowest BCUT2D eigenvalue weighted by Gasteiger charge is -2.28. The molecule has 0 radical (unpaired) electrons. The molecule has 2 atom stereocenters. The number of amides is 1. The van der Waals surface area contributed by atoms with Gasteiger partial charge in [0.05, 0.1) is 19.8 Å². The van der Waals surface area contributed by atoms with Gasteiger partial charge in [-0.25, -0.2) is 9.78 Å². The third kappa shape index (κ3) is 13.4. The molecule has 0 bridgehead atoms. The molecule has 1 amide bonds. The van der Waals surface area contributed by atoms with Gasteiger partial charge >= 0.3 is 11.9 Å². The maximum Gasteiger partial charge on any atom is 0.328 e. The highest BCUT2D eigenvalue weighted by molar-refractivity contribution is 5.98.